The summed E-state index contributed by atoms with van der Waals surface area (Å²) in [6.07, 6.45) is 0. The summed E-state index contributed by atoms with van der Waals surface area (Å²) in [5.74, 6) is -0.0621. The van der Waals surface area contributed by atoms with Crippen molar-refractivity contribution in [1.29, 1.82) is 0 Å². The van der Waals surface area contributed by atoms with Crippen molar-refractivity contribution in [3.05, 3.63) is 65.2 Å². The molecule has 24 heavy (non-hydrogen) atoms. The molecular formula is C19H24N2O3. The number of nitrogens with one attached hydrogen (secondary N) is 1. The summed E-state index contributed by atoms with van der Waals surface area (Å²) in [6.45, 7) is 1.37. The molecule has 0 aliphatic heterocycles. The van der Waals surface area contributed by atoms with Gasteiger partial charge >= 0.3 is 5.97 Å². The molecule has 2 aromatic carbocycles. The fraction of sp³-hybridized carbons (Fsp3) is 0.316. The lowest BCUT2D eigenvalue weighted by atomic mass is 10.1. The van der Waals surface area contributed by atoms with Gasteiger partial charge in [-0.25, -0.2) is 4.79 Å². The molecule has 5 heteroatoms. The van der Waals surface area contributed by atoms with Crippen molar-refractivity contribution in [2.24, 2.45) is 0 Å². The van der Waals surface area contributed by atoms with Gasteiger partial charge in [0.2, 0.25) is 0 Å². The van der Waals surface area contributed by atoms with E-state index in [4.69, 9.17) is 9.84 Å². The minimum Gasteiger partial charge on any atom is -0.497 e. The first-order valence-electron chi connectivity index (χ1n) is 7.84. The second-order valence-corrected chi connectivity index (χ2v) is 5.89. The number of hydrogen-bond donors (Lipinski definition) is 2. The van der Waals surface area contributed by atoms with Crippen molar-refractivity contribution < 1.29 is 14.6 Å². The van der Waals surface area contributed by atoms with Gasteiger partial charge in [0, 0.05) is 19.1 Å². The Hall–Kier alpha value is -2.37. The van der Waals surface area contributed by atoms with Crippen molar-refractivity contribution in [2.75, 3.05) is 27.7 Å². The third kappa shape index (κ3) is 4.81. The van der Waals surface area contributed by atoms with Crippen molar-refractivity contribution in [1.82, 2.24) is 10.2 Å². The molecule has 0 saturated carbocycles. The minimum atomic E-state index is -0.903. The topological polar surface area (TPSA) is 61.8 Å². The molecule has 5 nitrogen and oxygen atoms in total. The lowest BCUT2D eigenvalue weighted by Gasteiger charge is -2.25. The summed E-state index contributed by atoms with van der Waals surface area (Å²) < 4.78 is 5.30. The average molecular weight is 328 g/mol. The fourth-order valence-corrected chi connectivity index (χ4v) is 2.61. The van der Waals surface area contributed by atoms with Crippen molar-refractivity contribution in [2.45, 2.75) is 12.6 Å². The number of benzene rings is 2. The van der Waals surface area contributed by atoms with E-state index in [-0.39, 0.29) is 6.04 Å². The molecule has 2 rings (SSSR count). The lowest BCUT2D eigenvalue weighted by Crippen LogP contribution is -2.30. The van der Waals surface area contributed by atoms with Crippen LogP contribution in [0.3, 0.4) is 0 Å². The van der Waals surface area contributed by atoms with Gasteiger partial charge < -0.3 is 20.1 Å². The standard InChI is InChI=1S/C19H24N2O3/c1-21(2)18(15-7-5-9-17(11-15)24-3)13-20-12-14-6-4-8-16(10-14)19(22)23/h4-11,18,20H,12-13H2,1-3H3,(H,22,23). The molecule has 0 bridgehead atoms. The van der Waals surface area contributed by atoms with E-state index in [2.05, 4.69) is 16.3 Å². The van der Waals surface area contributed by atoms with Crippen LogP contribution in [0.15, 0.2) is 48.5 Å². The van der Waals surface area contributed by atoms with E-state index < -0.39 is 5.97 Å². The number of carboxylic acids is 1. The maximum absolute atomic E-state index is 11.0. The zero-order valence-electron chi connectivity index (χ0n) is 14.3. The van der Waals surface area contributed by atoms with E-state index in [0.717, 1.165) is 17.9 Å². The Bertz CT molecular complexity index is 686. The molecule has 128 valence electrons. The second kappa shape index (κ2) is 8.47. The Morgan fingerprint density at radius 2 is 1.96 bits per heavy atom. The zero-order chi connectivity index (χ0) is 17.5. The predicted octanol–water partition coefficient (Wildman–Crippen LogP) is 2.79. The molecule has 1 atom stereocenters. The van der Waals surface area contributed by atoms with Gasteiger partial charge in [0.25, 0.3) is 0 Å². The minimum absolute atomic E-state index is 0.197. The number of nitrogens with zero attached hydrogens (tertiary/aromatic N) is 1. The second-order valence-electron chi connectivity index (χ2n) is 5.89. The number of hydrogen-bond acceptors (Lipinski definition) is 4. The Balaban J connectivity index is 2.01. The molecule has 0 heterocycles. The molecule has 0 aliphatic carbocycles. The molecule has 0 radical (unpaired) electrons. The summed E-state index contributed by atoms with van der Waals surface area (Å²) in [6, 6.07) is 15.2. The molecule has 0 spiro atoms. The fourth-order valence-electron chi connectivity index (χ4n) is 2.61. The zero-order valence-corrected chi connectivity index (χ0v) is 14.3. The first kappa shape index (κ1) is 18.0. The van der Waals surface area contributed by atoms with Crippen LogP contribution in [-0.4, -0.2) is 43.7 Å². The lowest BCUT2D eigenvalue weighted by molar-refractivity contribution is 0.0696. The van der Waals surface area contributed by atoms with Gasteiger partial charge in [0.1, 0.15) is 5.75 Å². The van der Waals surface area contributed by atoms with Crippen LogP contribution in [0.1, 0.15) is 27.5 Å². The van der Waals surface area contributed by atoms with Crippen LogP contribution in [0.4, 0.5) is 0 Å². The van der Waals surface area contributed by atoms with E-state index in [1.165, 1.54) is 5.56 Å². The van der Waals surface area contributed by atoms with Crippen LogP contribution in [0.25, 0.3) is 0 Å². The first-order valence-corrected chi connectivity index (χ1v) is 7.84. The van der Waals surface area contributed by atoms with Gasteiger partial charge in [0.05, 0.1) is 12.7 Å². The Labute approximate surface area is 142 Å². The summed E-state index contributed by atoms with van der Waals surface area (Å²) in [5, 5.41) is 12.5. The number of rotatable bonds is 8. The molecule has 0 amide bonds. The number of methoxy groups -OCH3 is 1. The molecule has 2 aromatic rings. The summed E-state index contributed by atoms with van der Waals surface area (Å²) in [7, 11) is 5.74. The quantitative estimate of drug-likeness (QED) is 0.780. The molecule has 0 saturated heterocycles. The highest BCUT2D eigenvalue weighted by molar-refractivity contribution is 5.87. The highest BCUT2D eigenvalue weighted by Crippen LogP contribution is 2.22. The third-order valence-electron chi connectivity index (χ3n) is 3.94. The normalized spacial score (nSPS) is 12.2. The Morgan fingerprint density at radius 1 is 1.21 bits per heavy atom. The third-order valence-corrected chi connectivity index (χ3v) is 3.94. The van der Waals surface area contributed by atoms with Gasteiger partial charge in [-0.1, -0.05) is 24.3 Å². The van der Waals surface area contributed by atoms with E-state index in [9.17, 15) is 4.79 Å². The smallest absolute Gasteiger partial charge is 0.335 e. The highest BCUT2D eigenvalue weighted by atomic mass is 16.5. The molecule has 0 fully saturated rings. The van der Waals surface area contributed by atoms with Crippen molar-refractivity contribution in [3.63, 3.8) is 0 Å². The summed E-state index contributed by atoms with van der Waals surface area (Å²) in [4.78, 5) is 13.2. The van der Waals surface area contributed by atoms with E-state index in [1.807, 2.05) is 38.4 Å². The van der Waals surface area contributed by atoms with Crippen molar-refractivity contribution in [3.8, 4) is 5.75 Å². The van der Waals surface area contributed by atoms with Crippen LogP contribution >= 0.6 is 0 Å². The maximum atomic E-state index is 11.0. The molecule has 1 unspecified atom stereocenters. The van der Waals surface area contributed by atoms with Crippen LogP contribution < -0.4 is 10.1 Å². The number of carboxylic acid groups (broad SMARTS) is 1. The number of carbonyl (C=O) groups is 1. The van der Waals surface area contributed by atoms with E-state index in [0.29, 0.717) is 12.1 Å². The Kier molecular flexibility index (Phi) is 6.35. The molecule has 0 aromatic heterocycles. The molecular weight excluding hydrogens is 304 g/mol. The molecule has 2 N–H and O–H groups in total. The van der Waals surface area contributed by atoms with E-state index in [1.54, 1.807) is 25.3 Å². The van der Waals surface area contributed by atoms with Gasteiger partial charge in [-0.2, -0.15) is 0 Å². The maximum Gasteiger partial charge on any atom is 0.335 e. The van der Waals surface area contributed by atoms with Crippen LogP contribution in [0, 0.1) is 0 Å². The average Bonchev–Trinajstić information content (AvgIpc) is 2.58. The summed E-state index contributed by atoms with van der Waals surface area (Å²) in [5.41, 5.74) is 2.44. The monoisotopic (exact) mass is 328 g/mol. The van der Waals surface area contributed by atoms with Gasteiger partial charge in [0.15, 0.2) is 0 Å². The van der Waals surface area contributed by atoms with Gasteiger partial charge in [-0.05, 0) is 49.5 Å². The van der Waals surface area contributed by atoms with Gasteiger partial charge in [-0.3, -0.25) is 0 Å². The van der Waals surface area contributed by atoms with Crippen LogP contribution in [0.5, 0.6) is 5.75 Å². The van der Waals surface area contributed by atoms with Crippen LogP contribution in [0.2, 0.25) is 0 Å². The molecule has 0 aliphatic rings. The largest absolute Gasteiger partial charge is 0.497 e. The summed E-state index contributed by atoms with van der Waals surface area (Å²) >= 11 is 0. The number of likely N-dealkylation sites (N-methyl/N-ethyl adjacent to an activating group) is 1. The SMILES string of the molecule is COc1cccc(C(CNCc2cccc(C(=O)O)c2)N(C)C)c1. The van der Waals surface area contributed by atoms with Crippen molar-refractivity contribution >= 4 is 5.97 Å². The highest BCUT2D eigenvalue weighted by Gasteiger charge is 2.14. The first-order chi connectivity index (χ1) is 11.5. The van der Waals surface area contributed by atoms with Gasteiger partial charge in [-0.15, -0.1) is 0 Å². The van der Waals surface area contributed by atoms with E-state index >= 15 is 0 Å². The number of aromatic carboxylic acids is 1. The predicted molar refractivity (Wildman–Crippen MR) is 94.5 cm³/mol. The number of ether oxygens (including phenoxy) is 1. The Morgan fingerprint density at radius 3 is 2.62 bits per heavy atom. The van der Waals surface area contributed by atoms with Crippen LogP contribution in [-0.2, 0) is 6.54 Å².